The molecule has 1 N–H and O–H groups in total. The predicted octanol–water partition coefficient (Wildman–Crippen LogP) is 3.07. The third kappa shape index (κ3) is 4.02. The molecule has 3 rings (SSSR count). The lowest BCUT2D eigenvalue weighted by Gasteiger charge is -2.33. The third-order valence-electron chi connectivity index (χ3n) is 5.22. The minimum atomic E-state index is 0.345. The Kier molecular flexibility index (Phi) is 5.40. The quantitative estimate of drug-likeness (QED) is 0.835. The summed E-state index contributed by atoms with van der Waals surface area (Å²) in [5, 5.41) is 4.67. The highest BCUT2D eigenvalue weighted by Crippen LogP contribution is 2.48. The van der Waals surface area contributed by atoms with Gasteiger partial charge in [-0.1, -0.05) is 23.7 Å². The van der Waals surface area contributed by atoms with E-state index in [9.17, 15) is 0 Å². The highest BCUT2D eigenvalue weighted by molar-refractivity contribution is 6.30. The van der Waals surface area contributed by atoms with Crippen LogP contribution in [-0.4, -0.2) is 50.8 Å². The number of ether oxygens (including phenoxy) is 1. The Labute approximate surface area is 139 Å². The van der Waals surface area contributed by atoms with E-state index in [0.29, 0.717) is 11.5 Å². The molecule has 0 spiro atoms. The van der Waals surface area contributed by atoms with E-state index in [4.69, 9.17) is 16.3 Å². The lowest BCUT2D eigenvalue weighted by molar-refractivity contribution is 0.125. The molecule has 2 fully saturated rings. The zero-order valence-electron chi connectivity index (χ0n) is 13.5. The average Bonchev–Trinajstić information content (AvgIpc) is 3.33. The van der Waals surface area contributed by atoms with Crippen molar-refractivity contribution in [3.63, 3.8) is 0 Å². The summed E-state index contributed by atoms with van der Waals surface area (Å²) in [5.74, 6) is 0. The van der Waals surface area contributed by atoms with Crippen molar-refractivity contribution in [1.82, 2.24) is 10.2 Å². The first-order valence-electron chi connectivity index (χ1n) is 8.43. The molecule has 3 nitrogen and oxygen atoms in total. The summed E-state index contributed by atoms with van der Waals surface area (Å²) in [5.41, 5.74) is 1.75. The van der Waals surface area contributed by atoms with Gasteiger partial charge in [-0.3, -0.25) is 0 Å². The Morgan fingerprint density at radius 2 is 2.09 bits per heavy atom. The Hall–Kier alpha value is -0.610. The van der Waals surface area contributed by atoms with Crippen LogP contribution in [0, 0.1) is 0 Å². The fraction of sp³-hybridized carbons (Fsp3) is 0.667. The number of likely N-dealkylation sites (tertiary alicyclic amines) is 1. The largest absolute Gasteiger partial charge is 0.383 e. The van der Waals surface area contributed by atoms with E-state index in [1.807, 2.05) is 6.07 Å². The van der Waals surface area contributed by atoms with Crippen molar-refractivity contribution in [3.05, 3.63) is 34.9 Å². The molecule has 1 aromatic carbocycles. The highest BCUT2D eigenvalue weighted by Gasteiger charge is 2.44. The number of halogens is 1. The van der Waals surface area contributed by atoms with E-state index < -0.39 is 0 Å². The Bertz CT molecular complexity index is 482. The molecule has 122 valence electrons. The monoisotopic (exact) mass is 322 g/mol. The van der Waals surface area contributed by atoms with E-state index in [1.165, 1.54) is 44.3 Å². The van der Waals surface area contributed by atoms with E-state index in [-0.39, 0.29) is 0 Å². The second kappa shape index (κ2) is 7.31. The van der Waals surface area contributed by atoms with Crippen LogP contribution >= 0.6 is 11.6 Å². The zero-order chi connectivity index (χ0) is 15.4. The summed E-state index contributed by atoms with van der Waals surface area (Å²) in [6.45, 7) is 5.37. The molecule has 0 atom stereocenters. The Balaban J connectivity index is 1.45. The molecular formula is C18H27ClN2O. The van der Waals surface area contributed by atoms with Gasteiger partial charge in [-0.25, -0.2) is 0 Å². The van der Waals surface area contributed by atoms with Crippen molar-refractivity contribution < 1.29 is 4.74 Å². The van der Waals surface area contributed by atoms with Crippen LogP contribution < -0.4 is 5.32 Å². The molecule has 0 radical (unpaired) electrons. The Morgan fingerprint density at radius 1 is 1.32 bits per heavy atom. The van der Waals surface area contributed by atoms with Gasteiger partial charge in [0.2, 0.25) is 0 Å². The van der Waals surface area contributed by atoms with Crippen molar-refractivity contribution >= 4 is 11.6 Å². The van der Waals surface area contributed by atoms with Crippen molar-refractivity contribution in [2.45, 2.75) is 37.1 Å². The lowest BCUT2D eigenvalue weighted by Crippen LogP contribution is -2.45. The highest BCUT2D eigenvalue weighted by atomic mass is 35.5. The van der Waals surface area contributed by atoms with Gasteiger partial charge in [-0.05, 0) is 56.5 Å². The van der Waals surface area contributed by atoms with Crippen molar-refractivity contribution in [2.24, 2.45) is 0 Å². The topological polar surface area (TPSA) is 24.5 Å². The van der Waals surface area contributed by atoms with Crippen LogP contribution in [0.15, 0.2) is 24.3 Å². The molecule has 2 aliphatic rings. The van der Waals surface area contributed by atoms with Gasteiger partial charge in [-0.15, -0.1) is 0 Å². The number of rotatable bonds is 7. The summed E-state index contributed by atoms with van der Waals surface area (Å²) >= 11 is 6.15. The number of hydrogen-bond acceptors (Lipinski definition) is 3. The molecule has 1 aliphatic heterocycles. The van der Waals surface area contributed by atoms with Gasteiger partial charge in [-0.2, -0.15) is 0 Å². The number of piperidine rings is 1. The molecule has 1 aromatic rings. The first kappa shape index (κ1) is 16.3. The first-order chi connectivity index (χ1) is 10.7. The molecule has 1 saturated carbocycles. The molecule has 1 aliphatic carbocycles. The number of nitrogens with zero attached hydrogens (tertiary/aromatic N) is 1. The average molecular weight is 323 g/mol. The minimum Gasteiger partial charge on any atom is -0.383 e. The second-order valence-corrected chi connectivity index (χ2v) is 7.22. The molecule has 1 saturated heterocycles. The lowest BCUT2D eigenvalue weighted by atomic mass is 9.95. The summed E-state index contributed by atoms with van der Waals surface area (Å²) in [7, 11) is 1.78. The van der Waals surface area contributed by atoms with Crippen LogP contribution in [0.1, 0.15) is 31.2 Å². The van der Waals surface area contributed by atoms with Crippen molar-refractivity contribution in [3.8, 4) is 0 Å². The van der Waals surface area contributed by atoms with Crippen LogP contribution in [0.5, 0.6) is 0 Å². The number of nitrogens with one attached hydrogen (secondary N) is 1. The predicted molar refractivity (Wildman–Crippen MR) is 91.7 cm³/mol. The van der Waals surface area contributed by atoms with E-state index >= 15 is 0 Å². The van der Waals surface area contributed by atoms with Gasteiger partial charge in [0.1, 0.15) is 0 Å². The number of benzene rings is 1. The van der Waals surface area contributed by atoms with E-state index in [2.05, 4.69) is 28.4 Å². The number of methoxy groups -OCH3 is 1. The third-order valence-corrected chi connectivity index (χ3v) is 5.45. The van der Waals surface area contributed by atoms with E-state index in [0.717, 1.165) is 24.7 Å². The van der Waals surface area contributed by atoms with Gasteiger partial charge < -0.3 is 15.0 Å². The fourth-order valence-corrected chi connectivity index (χ4v) is 3.65. The molecule has 0 amide bonds. The van der Waals surface area contributed by atoms with Crippen molar-refractivity contribution in [2.75, 3.05) is 39.9 Å². The summed E-state index contributed by atoms with van der Waals surface area (Å²) in [4.78, 5) is 2.51. The summed E-state index contributed by atoms with van der Waals surface area (Å²) in [6, 6.07) is 9.07. The molecule has 0 unspecified atom stereocenters. The molecule has 0 bridgehead atoms. The second-order valence-electron chi connectivity index (χ2n) is 6.78. The normalized spacial score (nSPS) is 21.9. The fourth-order valence-electron chi connectivity index (χ4n) is 3.46. The standard InChI is InChI=1S/C18H27ClN2O/c1-22-12-11-21-9-5-17(6-10-21)20-14-18(7-8-18)15-3-2-4-16(19)13-15/h2-4,13,17,20H,5-12,14H2,1H3. The zero-order valence-corrected chi connectivity index (χ0v) is 14.2. The van der Waals surface area contributed by atoms with Crippen molar-refractivity contribution in [1.29, 1.82) is 0 Å². The van der Waals surface area contributed by atoms with E-state index in [1.54, 1.807) is 7.11 Å². The summed E-state index contributed by atoms with van der Waals surface area (Å²) in [6.07, 6.45) is 5.06. The van der Waals surface area contributed by atoms with Crippen LogP contribution in [0.4, 0.5) is 0 Å². The van der Waals surface area contributed by atoms with Gasteiger partial charge in [0.05, 0.1) is 6.61 Å². The Morgan fingerprint density at radius 3 is 2.73 bits per heavy atom. The molecule has 0 aromatic heterocycles. The first-order valence-corrected chi connectivity index (χ1v) is 8.80. The van der Waals surface area contributed by atoms with Crippen LogP contribution in [-0.2, 0) is 10.2 Å². The van der Waals surface area contributed by atoms with Crippen LogP contribution in [0.3, 0.4) is 0 Å². The van der Waals surface area contributed by atoms with Gasteiger partial charge in [0.15, 0.2) is 0 Å². The minimum absolute atomic E-state index is 0.345. The maximum absolute atomic E-state index is 6.15. The summed E-state index contributed by atoms with van der Waals surface area (Å²) < 4.78 is 5.16. The maximum Gasteiger partial charge on any atom is 0.0589 e. The smallest absolute Gasteiger partial charge is 0.0589 e. The maximum atomic E-state index is 6.15. The van der Waals surface area contributed by atoms with Crippen LogP contribution in [0.2, 0.25) is 5.02 Å². The molecular weight excluding hydrogens is 296 g/mol. The SMILES string of the molecule is COCCN1CCC(NCC2(c3cccc(Cl)c3)CC2)CC1. The van der Waals surface area contributed by atoms with Gasteiger partial charge in [0.25, 0.3) is 0 Å². The van der Waals surface area contributed by atoms with Gasteiger partial charge in [0, 0.05) is 36.7 Å². The van der Waals surface area contributed by atoms with Gasteiger partial charge >= 0.3 is 0 Å². The molecule has 22 heavy (non-hydrogen) atoms. The molecule has 1 heterocycles. The number of hydrogen-bond donors (Lipinski definition) is 1. The molecule has 4 heteroatoms. The van der Waals surface area contributed by atoms with Crippen LogP contribution in [0.25, 0.3) is 0 Å².